The normalized spacial score (nSPS) is 10.8. The lowest BCUT2D eigenvalue weighted by Crippen LogP contribution is -2.01. The minimum absolute atomic E-state index is 0.148. The molecule has 0 saturated carbocycles. The summed E-state index contributed by atoms with van der Waals surface area (Å²) in [5.74, 6) is -0.506. The summed E-state index contributed by atoms with van der Waals surface area (Å²) in [4.78, 5) is 23.2. The van der Waals surface area contributed by atoms with Crippen LogP contribution < -0.4 is 0 Å². The van der Waals surface area contributed by atoms with Gasteiger partial charge in [-0.3, -0.25) is 0 Å². The van der Waals surface area contributed by atoms with Crippen LogP contribution in [-0.2, 0) is 20.9 Å². The number of carbonyl (C=O) groups excluding carboxylic acids is 2. The number of benzene rings is 2. The van der Waals surface area contributed by atoms with E-state index >= 15 is 0 Å². The first-order valence-electron chi connectivity index (χ1n) is 8.16. The van der Waals surface area contributed by atoms with Crippen molar-refractivity contribution in [2.45, 2.75) is 6.61 Å². The third kappa shape index (κ3) is 5.05. The van der Waals surface area contributed by atoms with Crippen molar-refractivity contribution in [2.75, 3.05) is 7.11 Å². The number of hydrogen-bond acceptors (Lipinski definition) is 7. The molecule has 8 heteroatoms. The zero-order chi connectivity index (χ0) is 19.9. The summed E-state index contributed by atoms with van der Waals surface area (Å²) in [6.45, 7) is -0.148. The van der Waals surface area contributed by atoms with Gasteiger partial charge in [-0.05, 0) is 48.0 Å². The van der Waals surface area contributed by atoms with Crippen molar-refractivity contribution >= 4 is 29.6 Å². The summed E-state index contributed by atoms with van der Waals surface area (Å²) in [5.41, 5.74) is 1.87. The first-order valence-corrected chi connectivity index (χ1v) is 8.54. The summed E-state index contributed by atoms with van der Waals surface area (Å²) in [6.07, 6.45) is 2.83. The van der Waals surface area contributed by atoms with Crippen molar-refractivity contribution < 1.29 is 23.5 Å². The fourth-order valence-electron chi connectivity index (χ4n) is 2.21. The van der Waals surface area contributed by atoms with Crippen LogP contribution in [0.1, 0.15) is 21.8 Å². The van der Waals surface area contributed by atoms with E-state index in [0.29, 0.717) is 22.0 Å². The molecule has 0 aliphatic rings. The van der Waals surface area contributed by atoms with Gasteiger partial charge in [0.1, 0.15) is 0 Å². The fourth-order valence-corrected chi connectivity index (χ4v) is 2.34. The molecule has 0 unspecified atom stereocenters. The average molecular weight is 399 g/mol. The molecule has 0 N–H and O–H groups in total. The van der Waals surface area contributed by atoms with Gasteiger partial charge in [0.2, 0.25) is 5.89 Å². The van der Waals surface area contributed by atoms with Crippen molar-refractivity contribution in [1.82, 2.24) is 10.2 Å². The predicted molar refractivity (Wildman–Crippen MR) is 101 cm³/mol. The van der Waals surface area contributed by atoms with Crippen LogP contribution >= 0.6 is 11.6 Å². The molecule has 0 bridgehead atoms. The zero-order valence-corrected chi connectivity index (χ0v) is 15.6. The lowest BCUT2D eigenvalue weighted by atomic mass is 10.1. The molecular weight excluding hydrogens is 384 g/mol. The van der Waals surface area contributed by atoms with Gasteiger partial charge in [-0.1, -0.05) is 23.7 Å². The molecule has 0 atom stereocenters. The largest absolute Gasteiger partial charge is 0.465 e. The molecule has 3 rings (SSSR count). The Balaban J connectivity index is 1.53. The molecule has 0 spiro atoms. The quantitative estimate of drug-likeness (QED) is 0.458. The maximum Gasteiger partial charge on any atom is 0.337 e. The van der Waals surface area contributed by atoms with Gasteiger partial charge in [-0.25, -0.2) is 9.59 Å². The van der Waals surface area contributed by atoms with Crippen LogP contribution in [0, 0.1) is 0 Å². The predicted octanol–water partition coefficient (Wildman–Crippen LogP) is 3.93. The van der Waals surface area contributed by atoms with Crippen LogP contribution in [0.15, 0.2) is 59.0 Å². The van der Waals surface area contributed by atoms with Crippen LogP contribution in [-0.4, -0.2) is 29.2 Å². The van der Waals surface area contributed by atoms with Crippen molar-refractivity contribution in [1.29, 1.82) is 0 Å². The topological polar surface area (TPSA) is 91.5 Å². The van der Waals surface area contributed by atoms with E-state index in [1.165, 1.54) is 13.2 Å². The Labute approximate surface area is 165 Å². The van der Waals surface area contributed by atoms with Crippen LogP contribution in [0.3, 0.4) is 0 Å². The molecule has 28 heavy (non-hydrogen) atoms. The highest BCUT2D eigenvalue weighted by molar-refractivity contribution is 6.30. The molecule has 1 aromatic heterocycles. The van der Waals surface area contributed by atoms with Crippen molar-refractivity contribution in [3.8, 4) is 11.5 Å². The van der Waals surface area contributed by atoms with E-state index in [1.807, 2.05) is 0 Å². The Kier molecular flexibility index (Phi) is 6.18. The Morgan fingerprint density at radius 2 is 1.79 bits per heavy atom. The highest BCUT2D eigenvalue weighted by Crippen LogP contribution is 2.20. The second-order valence-corrected chi connectivity index (χ2v) is 6.00. The second kappa shape index (κ2) is 8.96. The first-order chi connectivity index (χ1) is 13.5. The minimum Gasteiger partial charge on any atom is -0.465 e. The molecule has 0 amide bonds. The number of rotatable bonds is 6. The van der Waals surface area contributed by atoms with Crippen LogP contribution in [0.4, 0.5) is 0 Å². The Morgan fingerprint density at radius 1 is 1.07 bits per heavy atom. The number of aromatic nitrogens is 2. The van der Waals surface area contributed by atoms with Crippen molar-refractivity contribution in [3.05, 3.63) is 76.6 Å². The minimum atomic E-state index is -0.566. The number of methoxy groups -OCH3 is 1. The summed E-state index contributed by atoms with van der Waals surface area (Å²) >= 11 is 5.84. The van der Waals surface area contributed by atoms with E-state index in [4.69, 9.17) is 20.8 Å². The number of ether oxygens (including phenoxy) is 2. The van der Waals surface area contributed by atoms with E-state index in [0.717, 1.165) is 5.56 Å². The van der Waals surface area contributed by atoms with Gasteiger partial charge < -0.3 is 13.9 Å². The smallest absolute Gasteiger partial charge is 0.337 e. The number of hydrogen-bond donors (Lipinski definition) is 0. The Bertz CT molecular complexity index is 994. The van der Waals surface area contributed by atoms with Gasteiger partial charge >= 0.3 is 11.9 Å². The molecule has 0 aliphatic heterocycles. The van der Waals surface area contributed by atoms with Gasteiger partial charge in [0.15, 0.2) is 6.61 Å². The summed E-state index contributed by atoms with van der Waals surface area (Å²) < 4.78 is 15.2. The zero-order valence-electron chi connectivity index (χ0n) is 14.8. The lowest BCUT2D eigenvalue weighted by Gasteiger charge is -2.00. The van der Waals surface area contributed by atoms with Crippen molar-refractivity contribution in [2.24, 2.45) is 0 Å². The first kappa shape index (κ1) is 19.3. The second-order valence-electron chi connectivity index (χ2n) is 5.56. The molecule has 0 fully saturated rings. The summed E-state index contributed by atoms with van der Waals surface area (Å²) in [7, 11) is 1.31. The molecular formula is C20H15ClN2O5. The lowest BCUT2D eigenvalue weighted by molar-refractivity contribution is -0.139. The summed E-state index contributed by atoms with van der Waals surface area (Å²) in [6, 6.07) is 13.5. The molecule has 0 saturated heterocycles. The molecule has 142 valence electrons. The van der Waals surface area contributed by atoms with E-state index < -0.39 is 11.9 Å². The average Bonchev–Trinajstić information content (AvgIpc) is 3.20. The Hall–Kier alpha value is -3.45. The van der Waals surface area contributed by atoms with Crippen molar-refractivity contribution in [3.63, 3.8) is 0 Å². The van der Waals surface area contributed by atoms with E-state index in [-0.39, 0.29) is 12.5 Å². The highest BCUT2D eigenvalue weighted by atomic mass is 35.5. The molecule has 0 radical (unpaired) electrons. The Morgan fingerprint density at radius 3 is 2.46 bits per heavy atom. The number of nitrogens with zero attached hydrogens (tertiary/aromatic N) is 2. The SMILES string of the molecule is COC(=O)c1ccc(/C=C/C(=O)OCc2nnc(-c3ccc(Cl)cc3)o2)cc1. The molecule has 7 nitrogen and oxygen atoms in total. The number of halogens is 1. The molecule has 3 aromatic rings. The van der Waals surface area contributed by atoms with Gasteiger partial charge in [-0.2, -0.15) is 0 Å². The number of esters is 2. The maximum atomic E-state index is 11.8. The maximum absolute atomic E-state index is 11.8. The monoisotopic (exact) mass is 398 g/mol. The van der Waals surface area contributed by atoms with E-state index in [2.05, 4.69) is 14.9 Å². The van der Waals surface area contributed by atoms with Crippen LogP contribution in [0.2, 0.25) is 5.02 Å². The van der Waals surface area contributed by atoms with Gasteiger partial charge in [0, 0.05) is 16.7 Å². The van der Waals surface area contributed by atoms with Crippen LogP contribution in [0.25, 0.3) is 17.5 Å². The van der Waals surface area contributed by atoms with Gasteiger partial charge in [0.25, 0.3) is 5.89 Å². The third-order valence-corrected chi connectivity index (χ3v) is 3.89. The third-order valence-electron chi connectivity index (χ3n) is 3.64. The fraction of sp³-hybridized carbons (Fsp3) is 0.100. The van der Waals surface area contributed by atoms with Gasteiger partial charge in [0.05, 0.1) is 12.7 Å². The van der Waals surface area contributed by atoms with E-state index in [9.17, 15) is 9.59 Å². The summed E-state index contributed by atoms with van der Waals surface area (Å²) in [5, 5.41) is 8.36. The van der Waals surface area contributed by atoms with E-state index in [1.54, 1.807) is 54.6 Å². The van der Waals surface area contributed by atoms with Gasteiger partial charge in [-0.15, -0.1) is 10.2 Å². The highest BCUT2D eigenvalue weighted by Gasteiger charge is 2.10. The van der Waals surface area contributed by atoms with Crippen LogP contribution in [0.5, 0.6) is 0 Å². The molecule has 0 aliphatic carbocycles. The standard InChI is InChI=1S/C20H15ClN2O5/c1-26-20(25)15-5-2-13(3-6-15)4-11-18(24)27-12-17-22-23-19(28-17)14-7-9-16(21)10-8-14/h2-11H,12H2,1H3/b11-4+. The molecule has 1 heterocycles. The molecule has 2 aromatic carbocycles. The number of carbonyl (C=O) groups is 2.